The van der Waals surface area contributed by atoms with Crippen LogP contribution in [-0.4, -0.2) is 36.6 Å². The fraction of sp³-hybridized carbons (Fsp3) is 0.250. The molecule has 2 heterocycles. The zero-order valence-electron chi connectivity index (χ0n) is 15.6. The van der Waals surface area contributed by atoms with Gasteiger partial charge in [0.05, 0.1) is 5.39 Å². The largest absolute Gasteiger partial charge is 0.454 e. The van der Waals surface area contributed by atoms with Crippen molar-refractivity contribution in [2.24, 2.45) is 0 Å². The van der Waals surface area contributed by atoms with E-state index in [0.717, 1.165) is 10.9 Å². The monoisotopic (exact) mass is 380 g/mol. The molecule has 1 aromatic heterocycles. The van der Waals surface area contributed by atoms with Gasteiger partial charge in [0.1, 0.15) is 6.54 Å². The number of ether oxygens (including phenoxy) is 2. The number of amides is 1. The lowest BCUT2D eigenvalue weighted by Gasteiger charge is -2.16. The van der Waals surface area contributed by atoms with Crippen molar-refractivity contribution in [2.75, 3.05) is 25.8 Å². The first-order valence-corrected chi connectivity index (χ1v) is 8.85. The minimum absolute atomic E-state index is 0.158. The molecule has 8 nitrogen and oxygen atoms in total. The second-order valence-corrected chi connectivity index (χ2v) is 6.69. The van der Waals surface area contributed by atoms with Crippen molar-refractivity contribution >= 4 is 22.5 Å². The minimum Gasteiger partial charge on any atom is -0.454 e. The molecule has 2 aromatic carbocycles. The van der Waals surface area contributed by atoms with Gasteiger partial charge in [0, 0.05) is 26.0 Å². The van der Waals surface area contributed by atoms with E-state index in [0.29, 0.717) is 29.2 Å². The SMILES string of the molecule is CN(C)c1nn(CC(=O)NCc2ccc3c(c2)OCO3)c(=O)c2ccccc12. The fourth-order valence-electron chi connectivity index (χ4n) is 3.10. The summed E-state index contributed by atoms with van der Waals surface area (Å²) in [6, 6.07) is 12.7. The van der Waals surface area contributed by atoms with Gasteiger partial charge in [0.2, 0.25) is 12.7 Å². The highest BCUT2D eigenvalue weighted by atomic mass is 16.7. The van der Waals surface area contributed by atoms with Crippen molar-refractivity contribution in [3.05, 3.63) is 58.4 Å². The maximum atomic E-state index is 12.7. The third-order valence-corrected chi connectivity index (χ3v) is 4.49. The Morgan fingerprint density at radius 2 is 1.89 bits per heavy atom. The summed E-state index contributed by atoms with van der Waals surface area (Å²) in [4.78, 5) is 26.9. The molecule has 0 saturated carbocycles. The Kier molecular flexibility index (Phi) is 4.60. The van der Waals surface area contributed by atoms with Crippen LogP contribution in [0.4, 0.5) is 5.82 Å². The highest BCUT2D eigenvalue weighted by molar-refractivity contribution is 5.91. The molecule has 1 aliphatic rings. The van der Waals surface area contributed by atoms with Crippen LogP contribution in [0.25, 0.3) is 10.8 Å². The summed E-state index contributed by atoms with van der Waals surface area (Å²) >= 11 is 0. The summed E-state index contributed by atoms with van der Waals surface area (Å²) in [5.41, 5.74) is 0.588. The van der Waals surface area contributed by atoms with Crippen LogP contribution in [0.3, 0.4) is 0 Å². The van der Waals surface area contributed by atoms with Crippen molar-refractivity contribution in [3.63, 3.8) is 0 Å². The number of hydrogen-bond acceptors (Lipinski definition) is 6. The van der Waals surface area contributed by atoms with Crippen LogP contribution in [0, 0.1) is 0 Å². The number of hydrogen-bond donors (Lipinski definition) is 1. The molecule has 0 fully saturated rings. The Morgan fingerprint density at radius 3 is 2.68 bits per heavy atom. The van der Waals surface area contributed by atoms with Crippen molar-refractivity contribution in [2.45, 2.75) is 13.1 Å². The second kappa shape index (κ2) is 7.22. The van der Waals surface area contributed by atoms with Gasteiger partial charge in [-0.15, -0.1) is 0 Å². The van der Waals surface area contributed by atoms with Gasteiger partial charge in [-0.1, -0.05) is 24.3 Å². The third kappa shape index (κ3) is 3.36. The Bertz CT molecular complexity index is 1110. The maximum Gasteiger partial charge on any atom is 0.275 e. The predicted molar refractivity (Wildman–Crippen MR) is 105 cm³/mol. The van der Waals surface area contributed by atoms with E-state index in [1.165, 1.54) is 4.68 Å². The second-order valence-electron chi connectivity index (χ2n) is 6.69. The number of carbonyl (C=O) groups excluding carboxylic acids is 1. The van der Waals surface area contributed by atoms with Gasteiger partial charge in [-0.2, -0.15) is 5.10 Å². The van der Waals surface area contributed by atoms with Gasteiger partial charge in [-0.05, 0) is 23.8 Å². The summed E-state index contributed by atoms with van der Waals surface area (Å²) in [7, 11) is 3.70. The normalized spacial score (nSPS) is 12.2. The molecule has 3 aromatic rings. The lowest BCUT2D eigenvalue weighted by Crippen LogP contribution is -2.34. The molecule has 0 bridgehead atoms. The standard InChI is InChI=1S/C20H20N4O4/c1-23(2)19-14-5-3-4-6-15(14)20(26)24(22-19)11-18(25)21-10-13-7-8-16-17(9-13)28-12-27-16/h3-9H,10-12H2,1-2H3,(H,21,25). The highest BCUT2D eigenvalue weighted by Crippen LogP contribution is 2.32. The van der Waals surface area contributed by atoms with Crippen LogP contribution in [0.5, 0.6) is 11.5 Å². The number of aromatic nitrogens is 2. The van der Waals surface area contributed by atoms with E-state index >= 15 is 0 Å². The molecule has 0 radical (unpaired) electrons. The molecule has 1 N–H and O–H groups in total. The van der Waals surface area contributed by atoms with Crippen LogP contribution in [0.2, 0.25) is 0 Å². The van der Waals surface area contributed by atoms with Crippen LogP contribution < -0.4 is 25.2 Å². The molecule has 144 valence electrons. The Labute approximate surface area is 161 Å². The average Bonchev–Trinajstić information content (AvgIpc) is 3.16. The van der Waals surface area contributed by atoms with Crippen molar-refractivity contribution in [1.29, 1.82) is 0 Å². The number of carbonyl (C=O) groups is 1. The lowest BCUT2D eigenvalue weighted by molar-refractivity contribution is -0.122. The van der Waals surface area contributed by atoms with E-state index in [4.69, 9.17) is 9.47 Å². The number of nitrogens with one attached hydrogen (secondary N) is 1. The zero-order chi connectivity index (χ0) is 19.7. The van der Waals surface area contributed by atoms with Crippen LogP contribution in [-0.2, 0) is 17.9 Å². The number of rotatable bonds is 5. The Balaban J connectivity index is 1.52. The summed E-state index contributed by atoms with van der Waals surface area (Å²) in [6.45, 7) is 0.364. The van der Waals surface area contributed by atoms with Crippen LogP contribution >= 0.6 is 0 Å². The van der Waals surface area contributed by atoms with E-state index in [1.807, 2.05) is 49.3 Å². The number of nitrogens with zero attached hydrogens (tertiary/aromatic N) is 3. The van der Waals surface area contributed by atoms with Crippen molar-refractivity contribution in [1.82, 2.24) is 15.1 Å². The van der Waals surface area contributed by atoms with Gasteiger partial charge in [-0.25, -0.2) is 4.68 Å². The van der Waals surface area contributed by atoms with Gasteiger partial charge in [0.15, 0.2) is 17.3 Å². The van der Waals surface area contributed by atoms with Crippen molar-refractivity contribution in [3.8, 4) is 11.5 Å². The Morgan fingerprint density at radius 1 is 1.14 bits per heavy atom. The van der Waals surface area contributed by atoms with Gasteiger partial charge in [0.25, 0.3) is 5.56 Å². The van der Waals surface area contributed by atoms with Gasteiger partial charge >= 0.3 is 0 Å². The highest BCUT2D eigenvalue weighted by Gasteiger charge is 2.15. The first kappa shape index (κ1) is 17.8. The summed E-state index contributed by atoms with van der Waals surface area (Å²) in [6.07, 6.45) is 0. The molecule has 0 aliphatic carbocycles. The minimum atomic E-state index is -0.299. The number of benzene rings is 2. The molecule has 1 amide bonds. The van der Waals surface area contributed by atoms with E-state index in [1.54, 1.807) is 12.1 Å². The van der Waals surface area contributed by atoms with E-state index in [2.05, 4.69) is 10.4 Å². The van der Waals surface area contributed by atoms with Gasteiger partial charge in [-0.3, -0.25) is 9.59 Å². The van der Waals surface area contributed by atoms with Gasteiger partial charge < -0.3 is 19.7 Å². The molecule has 1 aliphatic heterocycles. The lowest BCUT2D eigenvalue weighted by atomic mass is 10.2. The molecule has 0 saturated heterocycles. The molecule has 8 heteroatoms. The summed E-state index contributed by atoms with van der Waals surface area (Å²) in [5.74, 6) is 1.69. The zero-order valence-corrected chi connectivity index (χ0v) is 15.6. The first-order chi connectivity index (χ1) is 13.5. The number of anilines is 1. The summed E-state index contributed by atoms with van der Waals surface area (Å²) in [5, 5.41) is 8.48. The average molecular weight is 380 g/mol. The topological polar surface area (TPSA) is 85.7 Å². The van der Waals surface area contributed by atoms with Crippen molar-refractivity contribution < 1.29 is 14.3 Å². The third-order valence-electron chi connectivity index (χ3n) is 4.49. The molecule has 0 atom stereocenters. The molecule has 28 heavy (non-hydrogen) atoms. The molecular formula is C20H20N4O4. The molecule has 0 unspecified atom stereocenters. The quantitative estimate of drug-likeness (QED) is 0.722. The van der Waals surface area contributed by atoms with Crippen LogP contribution in [0.15, 0.2) is 47.3 Å². The molecular weight excluding hydrogens is 360 g/mol. The molecule has 4 rings (SSSR count). The van der Waals surface area contributed by atoms with E-state index in [-0.39, 0.29) is 24.8 Å². The van der Waals surface area contributed by atoms with E-state index in [9.17, 15) is 9.59 Å². The molecule has 0 spiro atoms. The first-order valence-electron chi connectivity index (χ1n) is 8.85. The van der Waals surface area contributed by atoms with E-state index < -0.39 is 0 Å². The maximum absolute atomic E-state index is 12.7. The predicted octanol–water partition coefficient (Wildman–Crippen LogP) is 1.51. The Hall–Kier alpha value is -3.55. The smallest absolute Gasteiger partial charge is 0.275 e. The fourth-order valence-corrected chi connectivity index (χ4v) is 3.10. The van der Waals surface area contributed by atoms with Crippen LogP contribution in [0.1, 0.15) is 5.56 Å². The summed E-state index contributed by atoms with van der Waals surface area (Å²) < 4.78 is 11.8. The number of fused-ring (bicyclic) bond motifs is 2.